The molecule has 0 saturated heterocycles. The van der Waals surface area contributed by atoms with Crippen molar-refractivity contribution in [3.8, 4) is 0 Å². The first-order valence-electron chi connectivity index (χ1n) is 6.06. The van der Waals surface area contributed by atoms with Crippen LogP contribution in [0.3, 0.4) is 0 Å². The molecule has 0 radical (unpaired) electrons. The average Bonchev–Trinajstić information content (AvgIpc) is 2.46. The zero-order chi connectivity index (χ0) is 15.4. The Morgan fingerprint density at radius 3 is 2.14 bits per heavy atom. The normalized spacial score (nSPS) is 11.3. The molecular weight excluding hydrogens is 400 g/mol. The van der Waals surface area contributed by atoms with Crippen LogP contribution in [-0.2, 0) is 0 Å². The van der Waals surface area contributed by atoms with Gasteiger partial charge >= 0.3 is 0 Å². The molecule has 0 bridgehead atoms. The van der Waals surface area contributed by atoms with Crippen molar-refractivity contribution in [1.29, 1.82) is 0 Å². The Labute approximate surface area is 139 Å². The molecular formula is C15H12Br2N2O2. The summed E-state index contributed by atoms with van der Waals surface area (Å²) in [5, 5.41) is 14.7. The maximum atomic E-state index is 12.2. The zero-order valence-electron chi connectivity index (χ0n) is 11.1. The molecule has 2 aromatic carbocycles. The number of carbonyl (C=O) groups excluding carboxylic acids is 1. The van der Waals surface area contributed by atoms with Crippen LogP contribution in [0, 0.1) is 0 Å². The second kappa shape index (κ2) is 6.87. The summed E-state index contributed by atoms with van der Waals surface area (Å²) >= 11 is 6.71. The van der Waals surface area contributed by atoms with E-state index >= 15 is 0 Å². The number of oxime groups is 1. The summed E-state index contributed by atoms with van der Waals surface area (Å²) < 4.78 is 1.65. The molecule has 4 nitrogen and oxygen atoms in total. The number of nitrogens with one attached hydrogen (secondary N) is 1. The number of amides is 1. The highest BCUT2D eigenvalue weighted by Gasteiger charge is 2.08. The third kappa shape index (κ3) is 4.15. The van der Waals surface area contributed by atoms with Gasteiger partial charge < -0.3 is 10.5 Å². The first-order valence-corrected chi connectivity index (χ1v) is 7.65. The third-order valence-corrected chi connectivity index (χ3v) is 3.75. The number of rotatable bonds is 3. The van der Waals surface area contributed by atoms with Crippen molar-refractivity contribution in [2.24, 2.45) is 5.16 Å². The molecule has 0 atom stereocenters. The number of nitrogens with zero attached hydrogens (tertiary/aromatic N) is 1. The Kier molecular flexibility index (Phi) is 5.14. The van der Waals surface area contributed by atoms with E-state index in [-0.39, 0.29) is 5.91 Å². The molecule has 0 spiro atoms. The van der Waals surface area contributed by atoms with E-state index in [2.05, 4.69) is 42.3 Å². The molecule has 2 N–H and O–H groups in total. The van der Waals surface area contributed by atoms with Crippen molar-refractivity contribution in [3.63, 3.8) is 0 Å². The van der Waals surface area contributed by atoms with Gasteiger partial charge in [0.15, 0.2) is 0 Å². The lowest BCUT2D eigenvalue weighted by Crippen LogP contribution is -2.12. The number of hydrogen-bond donors (Lipinski definition) is 2. The molecule has 108 valence electrons. The maximum absolute atomic E-state index is 12.2. The average molecular weight is 412 g/mol. The Morgan fingerprint density at radius 2 is 1.62 bits per heavy atom. The predicted molar refractivity (Wildman–Crippen MR) is 90.2 cm³/mol. The van der Waals surface area contributed by atoms with E-state index in [4.69, 9.17) is 5.21 Å². The Hall–Kier alpha value is -1.66. The second-order valence-electron chi connectivity index (χ2n) is 4.38. The summed E-state index contributed by atoms with van der Waals surface area (Å²) in [7, 11) is 0. The molecule has 2 aromatic rings. The molecule has 0 saturated carbocycles. The first kappa shape index (κ1) is 15.7. The van der Waals surface area contributed by atoms with E-state index in [1.54, 1.807) is 43.3 Å². The summed E-state index contributed by atoms with van der Waals surface area (Å²) in [6, 6.07) is 12.4. The molecule has 2 rings (SSSR count). The van der Waals surface area contributed by atoms with Crippen molar-refractivity contribution in [2.75, 3.05) is 5.32 Å². The van der Waals surface area contributed by atoms with E-state index in [9.17, 15) is 4.79 Å². The van der Waals surface area contributed by atoms with Gasteiger partial charge in [-0.3, -0.25) is 4.79 Å². The van der Waals surface area contributed by atoms with Crippen LogP contribution in [0.15, 0.2) is 56.6 Å². The summed E-state index contributed by atoms with van der Waals surface area (Å²) in [4.78, 5) is 12.2. The van der Waals surface area contributed by atoms with Crippen molar-refractivity contribution in [2.45, 2.75) is 6.92 Å². The summed E-state index contributed by atoms with van der Waals surface area (Å²) in [5.74, 6) is -0.197. The van der Waals surface area contributed by atoms with Crippen LogP contribution in [0.4, 0.5) is 5.69 Å². The van der Waals surface area contributed by atoms with Crippen molar-refractivity contribution in [1.82, 2.24) is 0 Å². The molecule has 0 aromatic heterocycles. The molecule has 21 heavy (non-hydrogen) atoms. The van der Waals surface area contributed by atoms with Gasteiger partial charge in [0, 0.05) is 20.2 Å². The number of carbonyl (C=O) groups is 1. The van der Waals surface area contributed by atoms with Gasteiger partial charge in [0.2, 0.25) is 0 Å². The molecule has 0 aliphatic rings. The van der Waals surface area contributed by atoms with Crippen molar-refractivity contribution < 1.29 is 10.0 Å². The summed E-state index contributed by atoms with van der Waals surface area (Å²) in [6.45, 7) is 1.70. The lowest BCUT2D eigenvalue weighted by atomic mass is 10.1. The van der Waals surface area contributed by atoms with E-state index in [1.807, 2.05) is 6.07 Å². The number of anilines is 1. The highest BCUT2D eigenvalue weighted by atomic mass is 79.9. The largest absolute Gasteiger partial charge is 0.411 e. The van der Waals surface area contributed by atoms with Crippen LogP contribution in [0.1, 0.15) is 22.8 Å². The molecule has 0 unspecified atom stereocenters. The van der Waals surface area contributed by atoms with Gasteiger partial charge in [-0.2, -0.15) is 0 Å². The van der Waals surface area contributed by atoms with E-state index < -0.39 is 0 Å². The minimum absolute atomic E-state index is 0.197. The third-order valence-electron chi connectivity index (χ3n) is 2.84. The van der Waals surface area contributed by atoms with Gasteiger partial charge in [-0.25, -0.2) is 0 Å². The minimum atomic E-state index is -0.197. The Bertz CT molecular complexity index is 677. The highest BCUT2D eigenvalue weighted by Crippen LogP contribution is 2.21. The van der Waals surface area contributed by atoms with Crippen molar-refractivity contribution in [3.05, 3.63) is 62.5 Å². The number of hydrogen-bond acceptors (Lipinski definition) is 3. The van der Waals surface area contributed by atoms with Crippen LogP contribution in [-0.4, -0.2) is 16.8 Å². The number of halogens is 2. The fraction of sp³-hybridized carbons (Fsp3) is 0.0667. The monoisotopic (exact) mass is 410 g/mol. The SMILES string of the molecule is C/C(=N/O)c1ccc(NC(=O)c2cc(Br)cc(Br)c2)cc1. The molecule has 6 heteroatoms. The molecule has 0 aliphatic heterocycles. The predicted octanol–water partition coefficient (Wildman–Crippen LogP) is 4.66. The summed E-state index contributed by atoms with van der Waals surface area (Å²) in [6.07, 6.45) is 0. The molecule has 0 aliphatic carbocycles. The zero-order valence-corrected chi connectivity index (χ0v) is 14.3. The smallest absolute Gasteiger partial charge is 0.255 e. The Balaban J connectivity index is 2.16. The van der Waals surface area contributed by atoms with Crippen LogP contribution in [0.2, 0.25) is 0 Å². The topological polar surface area (TPSA) is 61.7 Å². The van der Waals surface area contributed by atoms with Crippen LogP contribution in [0.5, 0.6) is 0 Å². The quantitative estimate of drug-likeness (QED) is 0.438. The molecule has 0 fully saturated rings. The van der Waals surface area contributed by atoms with Gasteiger partial charge in [0.1, 0.15) is 0 Å². The van der Waals surface area contributed by atoms with E-state index in [0.29, 0.717) is 17.0 Å². The second-order valence-corrected chi connectivity index (χ2v) is 6.21. The van der Waals surface area contributed by atoms with Crippen LogP contribution in [0.25, 0.3) is 0 Å². The van der Waals surface area contributed by atoms with Crippen LogP contribution >= 0.6 is 31.9 Å². The highest BCUT2D eigenvalue weighted by molar-refractivity contribution is 9.11. The van der Waals surface area contributed by atoms with Gasteiger partial charge in [0.25, 0.3) is 5.91 Å². The fourth-order valence-electron chi connectivity index (χ4n) is 1.74. The van der Waals surface area contributed by atoms with Gasteiger partial charge in [-0.15, -0.1) is 0 Å². The lowest BCUT2D eigenvalue weighted by molar-refractivity contribution is 0.102. The van der Waals surface area contributed by atoms with Gasteiger partial charge in [0.05, 0.1) is 5.71 Å². The van der Waals surface area contributed by atoms with Crippen molar-refractivity contribution >= 4 is 49.2 Å². The minimum Gasteiger partial charge on any atom is -0.411 e. The van der Waals surface area contributed by atoms with Gasteiger partial charge in [-0.1, -0.05) is 49.1 Å². The van der Waals surface area contributed by atoms with Gasteiger partial charge in [-0.05, 0) is 42.8 Å². The maximum Gasteiger partial charge on any atom is 0.255 e. The van der Waals surface area contributed by atoms with Crippen LogP contribution < -0.4 is 5.32 Å². The number of benzene rings is 2. The molecule has 1 amide bonds. The van der Waals surface area contributed by atoms with E-state index in [1.165, 1.54) is 0 Å². The lowest BCUT2D eigenvalue weighted by Gasteiger charge is -2.07. The Morgan fingerprint density at radius 1 is 1.05 bits per heavy atom. The fourth-order valence-corrected chi connectivity index (χ4v) is 3.03. The first-order chi connectivity index (χ1) is 9.99. The summed E-state index contributed by atoms with van der Waals surface area (Å²) in [5.41, 5.74) is 2.53. The van der Waals surface area contributed by atoms with E-state index in [0.717, 1.165) is 14.5 Å². The molecule has 0 heterocycles. The standard InChI is InChI=1S/C15H12Br2N2O2/c1-9(19-21)10-2-4-14(5-3-10)18-15(20)11-6-12(16)8-13(17)7-11/h2-8,21H,1H3,(H,18,20)/b19-9-.